The van der Waals surface area contributed by atoms with Gasteiger partial charge in [0.05, 0.1) is 5.39 Å². The molecule has 104 valence electrons. The second kappa shape index (κ2) is 5.61. The molecule has 19 heavy (non-hydrogen) atoms. The molecule has 2 aromatic rings. The van der Waals surface area contributed by atoms with Crippen molar-refractivity contribution in [2.24, 2.45) is 0 Å². The Kier molecular flexibility index (Phi) is 4.28. The Morgan fingerprint density at radius 1 is 1.32 bits per heavy atom. The van der Waals surface area contributed by atoms with Gasteiger partial charge in [-0.3, -0.25) is 0 Å². The summed E-state index contributed by atoms with van der Waals surface area (Å²) in [5, 5.41) is 1.38. The van der Waals surface area contributed by atoms with Crippen molar-refractivity contribution < 1.29 is 4.74 Å². The van der Waals surface area contributed by atoms with Crippen molar-refractivity contribution in [3.63, 3.8) is 0 Å². The fourth-order valence-electron chi connectivity index (χ4n) is 1.86. The van der Waals surface area contributed by atoms with Crippen LogP contribution in [-0.2, 0) is 11.5 Å². The number of nitrogens with zero attached hydrogens (tertiary/aromatic N) is 3. The zero-order chi connectivity index (χ0) is 14.0. The Morgan fingerprint density at radius 3 is 2.74 bits per heavy atom. The summed E-state index contributed by atoms with van der Waals surface area (Å²) in [4.78, 5) is 8.28. The highest BCUT2D eigenvalue weighted by Gasteiger charge is 2.13. The molecule has 4 nitrogen and oxygen atoms in total. The maximum absolute atomic E-state index is 6.06. The summed E-state index contributed by atoms with van der Waals surface area (Å²) in [6.45, 7) is 10.4. The molecule has 0 saturated carbocycles. The van der Waals surface area contributed by atoms with Gasteiger partial charge in [0.25, 0.3) is 0 Å². The van der Waals surface area contributed by atoms with Crippen LogP contribution in [0.4, 0.5) is 0 Å². The monoisotopic (exact) mass is 297 g/mol. The molecule has 0 unspecified atom stereocenters. The van der Waals surface area contributed by atoms with Gasteiger partial charge in [-0.05, 0) is 19.0 Å². The van der Waals surface area contributed by atoms with Gasteiger partial charge in [-0.2, -0.15) is 0 Å². The molecule has 0 aliphatic carbocycles. The van der Waals surface area contributed by atoms with Gasteiger partial charge in [-0.15, -0.1) is 0 Å². The quantitative estimate of drug-likeness (QED) is 0.480. The van der Waals surface area contributed by atoms with Gasteiger partial charge < -0.3 is 9.30 Å². The van der Waals surface area contributed by atoms with Crippen LogP contribution in [0, 0.1) is 6.92 Å². The minimum atomic E-state index is -1.04. The first-order valence-electron chi connectivity index (χ1n) is 6.42. The third kappa shape index (κ3) is 3.55. The standard InChI is InChI=1S/C13H20ClN3OSi/c1-10-7-11-12(14)15-8-16-13(11)17(10)9-18-5-6-19(2,3)4/h7-8H,5-6,9H2,1-4H3. The molecule has 2 rings (SSSR count). The normalized spacial score (nSPS) is 12.3. The molecular formula is C13H20ClN3OSi. The molecule has 0 aliphatic heterocycles. The third-order valence-corrected chi connectivity index (χ3v) is 5.07. The van der Waals surface area contributed by atoms with E-state index >= 15 is 0 Å². The van der Waals surface area contributed by atoms with E-state index in [1.807, 2.05) is 17.6 Å². The van der Waals surface area contributed by atoms with Gasteiger partial charge >= 0.3 is 0 Å². The Bertz CT molecular complexity index is 577. The lowest BCUT2D eigenvalue weighted by Crippen LogP contribution is -2.22. The molecule has 0 aliphatic rings. The first kappa shape index (κ1) is 14.5. The minimum absolute atomic E-state index is 0.494. The lowest BCUT2D eigenvalue weighted by atomic mass is 10.4. The molecule has 0 atom stereocenters. The number of fused-ring (bicyclic) bond motifs is 1. The van der Waals surface area contributed by atoms with Gasteiger partial charge in [0.2, 0.25) is 0 Å². The van der Waals surface area contributed by atoms with Crippen LogP contribution in [0.5, 0.6) is 0 Å². The van der Waals surface area contributed by atoms with Crippen LogP contribution in [0.15, 0.2) is 12.4 Å². The van der Waals surface area contributed by atoms with Crippen molar-refractivity contribution in [3.05, 3.63) is 23.2 Å². The largest absolute Gasteiger partial charge is 0.361 e. The molecule has 2 heterocycles. The number of hydrogen-bond acceptors (Lipinski definition) is 3. The Balaban J connectivity index is 2.09. The topological polar surface area (TPSA) is 39.9 Å². The van der Waals surface area contributed by atoms with Crippen molar-refractivity contribution in [3.8, 4) is 0 Å². The van der Waals surface area contributed by atoms with Crippen molar-refractivity contribution in [2.75, 3.05) is 6.61 Å². The third-order valence-electron chi connectivity index (χ3n) is 3.07. The van der Waals surface area contributed by atoms with Crippen LogP contribution in [0.25, 0.3) is 11.0 Å². The lowest BCUT2D eigenvalue weighted by Gasteiger charge is -2.16. The predicted octanol–water partition coefficient (Wildman–Crippen LogP) is 3.71. The number of hydrogen-bond donors (Lipinski definition) is 0. The highest BCUT2D eigenvalue weighted by atomic mass is 35.5. The van der Waals surface area contributed by atoms with E-state index in [2.05, 4.69) is 29.6 Å². The molecule has 0 N–H and O–H groups in total. The van der Waals surface area contributed by atoms with E-state index in [-0.39, 0.29) is 0 Å². The van der Waals surface area contributed by atoms with Crippen LogP contribution in [-0.4, -0.2) is 29.2 Å². The lowest BCUT2D eigenvalue weighted by molar-refractivity contribution is 0.0886. The average Bonchev–Trinajstić information content (AvgIpc) is 2.62. The maximum atomic E-state index is 6.06. The summed E-state index contributed by atoms with van der Waals surface area (Å²) < 4.78 is 7.81. The zero-order valence-corrected chi connectivity index (χ0v) is 13.7. The van der Waals surface area contributed by atoms with E-state index in [9.17, 15) is 0 Å². The van der Waals surface area contributed by atoms with Gasteiger partial charge in [-0.1, -0.05) is 31.2 Å². The number of aryl methyl sites for hydroxylation is 1. The highest BCUT2D eigenvalue weighted by molar-refractivity contribution is 6.76. The molecule has 0 aromatic carbocycles. The molecule has 0 radical (unpaired) electrons. The Hall–Kier alpha value is -0.913. The summed E-state index contributed by atoms with van der Waals surface area (Å²) in [5.41, 5.74) is 1.93. The second-order valence-corrected chi connectivity index (χ2v) is 11.9. The van der Waals surface area contributed by atoms with Crippen LogP contribution >= 0.6 is 11.6 Å². The van der Waals surface area contributed by atoms with Crippen molar-refractivity contribution in [1.82, 2.24) is 14.5 Å². The van der Waals surface area contributed by atoms with Crippen LogP contribution in [0.3, 0.4) is 0 Å². The molecule has 2 aromatic heterocycles. The minimum Gasteiger partial charge on any atom is -0.361 e. The summed E-state index contributed by atoms with van der Waals surface area (Å²) in [6, 6.07) is 3.17. The molecule has 0 spiro atoms. The van der Waals surface area contributed by atoms with Gasteiger partial charge in [0, 0.05) is 20.4 Å². The Morgan fingerprint density at radius 2 is 2.05 bits per heavy atom. The smallest absolute Gasteiger partial charge is 0.146 e. The van der Waals surface area contributed by atoms with E-state index in [0.717, 1.165) is 23.3 Å². The molecule has 0 amide bonds. The van der Waals surface area contributed by atoms with Crippen molar-refractivity contribution in [2.45, 2.75) is 39.3 Å². The SMILES string of the molecule is Cc1cc2c(Cl)ncnc2n1COCC[Si](C)(C)C. The second-order valence-electron chi connectivity index (χ2n) is 5.96. The fraction of sp³-hybridized carbons (Fsp3) is 0.538. The summed E-state index contributed by atoms with van der Waals surface area (Å²) in [5.74, 6) is 0. The van der Waals surface area contributed by atoms with E-state index < -0.39 is 8.07 Å². The maximum Gasteiger partial charge on any atom is 0.146 e. The van der Waals surface area contributed by atoms with E-state index in [1.54, 1.807) is 0 Å². The van der Waals surface area contributed by atoms with E-state index in [4.69, 9.17) is 16.3 Å². The number of halogens is 1. The van der Waals surface area contributed by atoms with Gasteiger partial charge in [0.15, 0.2) is 0 Å². The van der Waals surface area contributed by atoms with Gasteiger partial charge in [0.1, 0.15) is 23.9 Å². The highest BCUT2D eigenvalue weighted by Crippen LogP contribution is 2.23. The molecule has 0 fully saturated rings. The molecular weight excluding hydrogens is 278 g/mol. The number of ether oxygens (including phenoxy) is 1. The predicted molar refractivity (Wildman–Crippen MR) is 81.4 cm³/mol. The van der Waals surface area contributed by atoms with E-state index in [0.29, 0.717) is 11.9 Å². The van der Waals surface area contributed by atoms with Crippen LogP contribution in [0.2, 0.25) is 30.8 Å². The Labute approximate surface area is 119 Å². The fourth-order valence-corrected chi connectivity index (χ4v) is 2.80. The first-order valence-corrected chi connectivity index (χ1v) is 10.5. The zero-order valence-electron chi connectivity index (χ0n) is 11.9. The van der Waals surface area contributed by atoms with Gasteiger partial charge in [-0.25, -0.2) is 9.97 Å². The van der Waals surface area contributed by atoms with Crippen molar-refractivity contribution in [1.29, 1.82) is 0 Å². The number of rotatable bonds is 5. The summed E-state index contributed by atoms with van der Waals surface area (Å²) >= 11 is 6.06. The molecule has 0 saturated heterocycles. The molecule has 0 bridgehead atoms. The summed E-state index contributed by atoms with van der Waals surface area (Å²) in [6.07, 6.45) is 1.49. The van der Waals surface area contributed by atoms with Crippen LogP contribution in [0.1, 0.15) is 5.69 Å². The molecule has 6 heteroatoms. The number of aromatic nitrogens is 3. The van der Waals surface area contributed by atoms with Crippen molar-refractivity contribution >= 4 is 30.7 Å². The average molecular weight is 298 g/mol. The van der Waals surface area contributed by atoms with E-state index in [1.165, 1.54) is 12.4 Å². The van der Waals surface area contributed by atoms with Crippen LogP contribution < -0.4 is 0 Å². The first-order chi connectivity index (χ1) is 8.88. The summed E-state index contributed by atoms with van der Waals surface area (Å²) in [7, 11) is -1.04.